The summed E-state index contributed by atoms with van der Waals surface area (Å²) in [5.74, 6) is 0. The Bertz CT molecular complexity index is 507. The minimum atomic E-state index is 0.715. The summed E-state index contributed by atoms with van der Waals surface area (Å²) >= 11 is 6.11. The molecule has 4 nitrogen and oxygen atoms in total. The predicted octanol–water partition coefficient (Wildman–Crippen LogP) is 3.85. The molecule has 1 aliphatic rings. The van der Waals surface area contributed by atoms with Crippen molar-refractivity contribution in [2.75, 3.05) is 13.1 Å². The van der Waals surface area contributed by atoms with Gasteiger partial charge in [-0.3, -0.25) is 10.4 Å². The van der Waals surface area contributed by atoms with E-state index in [1.807, 2.05) is 32.0 Å². The van der Waals surface area contributed by atoms with Crippen molar-refractivity contribution in [1.29, 1.82) is 0 Å². The van der Waals surface area contributed by atoms with E-state index >= 15 is 0 Å². The number of likely N-dealkylation sites (tertiary alicyclic amines) is 1. The number of aryl methyl sites for hydroxylation is 1. The van der Waals surface area contributed by atoms with E-state index in [4.69, 9.17) is 12.2 Å². The van der Waals surface area contributed by atoms with Gasteiger partial charge in [0.2, 0.25) is 0 Å². The Morgan fingerprint density at radius 3 is 2.55 bits per heavy atom. The molecule has 1 aliphatic heterocycles. The summed E-state index contributed by atoms with van der Waals surface area (Å²) in [6.45, 7) is 5.97. The van der Waals surface area contributed by atoms with E-state index in [0.717, 1.165) is 43.3 Å². The number of thiocarbonyl (C=S) groups is 1. The second-order valence-corrected chi connectivity index (χ2v) is 6.81. The van der Waals surface area contributed by atoms with Gasteiger partial charge in [-0.05, 0) is 57.5 Å². The van der Waals surface area contributed by atoms with Gasteiger partial charge in [0.15, 0.2) is 5.11 Å². The van der Waals surface area contributed by atoms with Crippen LogP contribution in [0.1, 0.15) is 37.6 Å². The quantitative estimate of drug-likeness (QED) is 0.348. The summed E-state index contributed by atoms with van der Waals surface area (Å²) in [4.78, 5) is 6.62. The van der Waals surface area contributed by atoms with E-state index < -0.39 is 0 Å². The molecule has 0 unspecified atom stereocenters. The first-order chi connectivity index (χ1) is 10.6. The Labute approximate surface area is 152 Å². The molecule has 1 fully saturated rings. The SMILES string of the molecule is C/C(=N\NC(=S)N1CCCCC1)c1cccc(C)n1.[Cl][Cu][Cl]. The fraction of sp³-hybridized carbons (Fsp3) is 0.500. The average Bonchev–Trinajstić information content (AvgIpc) is 2.54. The van der Waals surface area contributed by atoms with Gasteiger partial charge >= 0.3 is 33.3 Å². The zero-order valence-electron chi connectivity index (χ0n) is 12.6. The summed E-state index contributed by atoms with van der Waals surface area (Å²) in [5, 5.41) is 5.05. The Kier molecular flexibility index (Phi) is 10.00. The first kappa shape index (κ1) is 19.7. The number of nitrogens with one attached hydrogen (secondary N) is 1. The summed E-state index contributed by atoms with van der Waals surface area (Å²) in [7, 11) is 9.34. The van der Waals surface area contributed by atoms with Crippen LogP contribution in [0.3, 0.4) is 0 Å². The Morgan fingerprint density at radius 1 is 1.32 bits per heavy atom. The normalized spacial score (nSPS) is 15.1. The van der Waals surface area contributed by atoms with E-state index in [9.17, 15) is 0 Å². The fourth-order valence-corrected chi connectivity index (χ4v) is 2.33. The maximum atomic E-state index is 5.36. The van der Waals surface area contributed by atoms with Gasteiger partial charge in [0.1, 0.15) is 0 Å². The van der Waals surface area contributed by atoms with Crippen LogP contribution in [-0.4, -0.2) is 33.8 Å². The summed E-state index contributed by atoms with van der Waals surface area (Å²) in [5.41, 5.74) is 5.70. The summed E-state index contributed by atoms with van der Waals surface area (Å²) in [6, 6.07) is 5.92. The standard InChI is InChI=1S/C14H20N4S.2ClH.Cu/c1-11-7-6-8-13(15-11)12(2)16-17-14(19)18-9-4-3-5-10-18;;;/h6-8H,3-5,9-10H2,1-2H3,(H,17,19);2*1H;/q;;;+2/p-2/b16-12+;;;. The van der Waals surface area contributed by atoms with Gasteiger partial charge in [0.05, 0.1) is 11.4 Å². The van der Waals surface area contributed by atoms with Crippen LogP contribution >= 0.6 is 32.4 Å². The molecular weight excluding hydrogens is 391 g/mol. The molecule has 8 heteroatoms. The molecule has 0 radical (unpaired) electrons. The second-order valence-electron chi connectivity index (χ2n) is 4.87. The molecule has 1 aromatic rings. The van der Waals surface area contributed by atoms with Gasteiger partial charge < -0.3 is 4.90 Å². The van der Waals surface area contributed by atoms with Crippen LogP contribution < -0.4 is 5.43 Å². The van der Waals surface area contributed by atoms with Gasteiger partial charge in [-0.15, -0.1) is 0 Å². The zero-order valence-corrected chi connectivity index (χ0v) is 15.8. The minimum absolute atomic E-state index is 0.715. The molecule has 0 aliphatic carbocycles. The fourth-order valence-electron chi connectivity index (χ4n) is 2.10. The molecule has 22 heavy (non-hydrogen) atoms. The third-order valence-electron chi connectivity index (χ3n) is 3.22. The molecule has 0 atom stereocenters. The molecule has 127 valence electrons. The van der Waals surface area contributed by atoms with E-state index in [1.165, 1.54) is 19.3 Å². The number of halogens is 2. The van der Waals surface area contributed by atoms with Gasteiger partial charge in [0, 0.05) is 18.8 Å². The van der Waals surface area contributed by atoms with Crippen LogP contribution in [0.25, 0.3) is 0 Å². The third-order valence-corrected chi connectivity index (χ3v) is 3.57. The number of pyridine rings is 1. The van der Waals surface area contributed by atoms with Crippen LogP contribution in [-0.2, 0) is 13.1 Å². The van der Waals surface area contributed by atoms with E-state index in [2.05, 4.69) is 40.6 Å². The summed E-state index contributed by atoms with van der Waals surface area (Å²) in [6.07, 6.45) is 3.72. The number of aromatic nitrogens is 1. The van der Waals surface area contributed by atoms with Crippen molar-refractivity contribution in [1.82, 2.24) is 15.3 Å². The van der Waals surface area contributed by atoms with Gasteiger partial charge in [0.25, 0.3) is 0 Å². The molecule has 2 heterocycles. The molecule has 0 aromatic carbocycles. The van der Waals surface area contributed by atoms with Crippen LogP contribution in [0.15, 0.2) is 23.3 Å². The number of piperidine rings is 1. The third kappa shape index (κ3) is 7.25. The first-order valence-electron chi connectivity index (χ1n) is 6.93. The molecule has 0 amide bonds. The Hall–Kier alpha value is -0.391. The second kappa shape index (κ2) is 11.2. The number of hydrogen-bond donors (Lipinski definition) is 1. The van der Waals surface area contributed by atoms with Gasteiger partial charge in [-0.25, -0.2) is 0 Å². The zero-order chi connectivity index (χ0) is 16.4. The molecular formula is C14H20Cl2CuN4S. The van der Waals surface area contributed by atoms with E-state index in [1.54, 1.807) is 0 Å². The van der Waals surface area contributed by atoms with Crippen molar-refractivity contribution in [3.8, 4) is 0 Å². The van der Waals surface area contributed by atoms with Gasteiger partial charge in [-0.2, -0.15) is 5.10 Å². The number of rotatable bonds is 2. The van der Waals surface area contributed by atoms with Gasteiger partial charge in [-0.1, -0.05) is 6.07 Å². The van der Waals surface area contributed by atoms with Crippen molar-refractivity contribution >= 4 is 43.2 Å². The number of hydrazone groups is 1. The molecule has 0 saturated carbocycles. The average molecular weight is 411 g/mol. The Morgan fingerprint density at radius 2 is 1.95 bits per heavy atom. The molecule has 1 aromatic heterocycles. The predicted molar refractivity (Wildman–Crippen MR) is 94.0 cm³/mol. The van der Waals surface area contributed by atoms with Crippen LogP contribution in [0.5, 0.6) is 0 Å². The Balaban J connectivity index is 0.000000745. The van der Waals surface area contributed by atoms with E-state index in [0.29, 0.717) is 5.11 Å². The van der Waals surface area contributed by atoms with Crippen molar-refractivity contribution in [3.63, 3.8) is 0 Å². The van der Waals surface area contributed by atoms with Crippen molar-refractivity contribution in [2.45, 2.75) is 33.1 Å². The molecule has 1 saturated heterocycles. The van der Waals surface area contributed by atoms with Crippen molar-refractivity contribution < 1.29 is 13.1 Å². The monoisotopic (exact) mass is 409 g/mol. The van der Waals surface area contributed by atoms with E-state index in [-0.39, 0.29) is 0 Å². The van der Waals surface area contributed by atoms with Crippen LogP contribution in [0.4, 0.5) is 0 Å². The molecule has 0 bridgehead atoms. The topological polar surface area (TPSA) is 40.5 Å². The molecule has 1 N–H and O–H groups in total. The molecule has 0 spiro atoms. The first-order valence-corrected chi connectivity index (χ1v) is 9.93. The maximum absolute atomic E-state index is 5.36. The van der Waals surface area contributed by atoms with Crippen LogP contribution in [0.2, 0.25) is 0 Å². The number of hydrogen-bond acceptors (Lipinski definition) is 3. The van der Waals surface area contributed by atoms with Crippen molar-refractivity contribution in [2.24, 2.45) is 5.10 Å². The summed E-state index contributed by atoms with van der Waals surface area (Å²) < 4.78 is 0. The molecule has 2 rings (SSSR count). The number of nitrogens with zero attached hydrogens (tertiary/aromatic N) is 3. The van der Waals surface area contributed by atoms with Crippen molar-refractivity contribution in [3.05, 3.63) is 29.6 Å². The van der Waals surface area contributed by atoms with Crippen LogP contribution in [0, 0.1) is 6.92 Å².